The summed E-state index contributed by atoms with van der Waals surface area (Å²) in [6, 6.07) is 7.57. The highest BCUT2D eigenvalue weighted by Crippen LogP contribution is 2.21. The van der Waals surface area contributed by atoms with Crippen LogP contribution in [0.3, 0.4) is 0 Å². The lowest BCUT2D eigenvalue weighted by Crippen LogP contribution is -2.26. The molecule has 0 aliphatic rings. The van der Waals surface area contributed by atoms with Gasteiger partial charge in [-0.15, -0.1) is 0 Å². The highest BCUT2D eigenvalue weighted by Gasteiger charge is 2.12. The van der Waals surface area contributed by atoms with E-state index in [1.54, 1.807) is 19.1 Å². The smallest absolute Gasteiger partial charge is 0.267 e. The van der Waals surface area contributed by atoms with Crippen LogP contribution < -0.4 is 5.56 Å². The standard InChI is InChI=1S/C13H10Cl2N2O2/c1-8-2-5-13(19)17(16-8)7-12(18)10-4-3-9(14)6-11(10)15/h2-6H,7H2,1H3. The Morgan fingerprint density at radius 3 is 2.68 bits per heavy atom. The molecule has 0 bridgehead atoms. The Morgan fingerprint density at radius 1 is 1.26 bits per heavy atom. The van der Waals surface area contributed by atoms with Crippen LogP contribution in [0.5, 0.6) is 0 Å². The van der Waals surface area contributed by atoms with Crippen LogP contribution in [-0.2, 0) is 6.54 Å². The van der Waals surface area contributed by atoms with Crippen LogP contribution in [-0.4, -0.2) is 15.6 Å². The molecular weight excluding hydrogens is 287 g/mol. The van der Waals surface area contributed by atoms with E-state index in [-0.39, 0.29) is 22.9 Å². The van der Waals surface area contributed by atoms with Crippen molar-refractivity contribution in [3.8, 4) is 0 Å². The molecule has 1 heterocycles. The number of rotatable bonds is 3. The fourth-order valence-corrected chi connectivity index (χ4v) is 2.11. The van der Waals surface area contributed by atoms with Gasteiger partial charge in [0.2, 0.25) is 0 Å². The van der Waals surface area contributed by atoms with Gasteiger partial charge in [0.25, 0.3) is 5.56 Å². The van der Waals surface area contributed by atoms with Gasteiger partial charge in [0.15, 0.2) is 5.78 Å². The Kier molecular flexibility index (Phi) is 4.02. The molecule has 2 aromatic rings. The molecule has 19 heavy (non-hydrogen) atoms. The zero-order valence-corrected chi connectivity index (χ0v) is 11.6. The predicted molar refractivity (Wildman–Crippen MR) is 74.0 cm³/mol. The van der Waals surface area contributed by atoms with Crippen molar-refractivity contribution >= 4 is 29.0 Å². The lowest BCUT2D eigenvalue weighted by molar-refractivity contribution is 0.0965. The normalized spacial score (nSPS) is 10.5. The number of ketones is 1. The molecule has 1 aromatic heterocycles. The number of benzene rings is 1. The van der Waals surface area contributed by atoms with Crippen LogP contribution in [0.4, 0.5) is 0 Å². The van der Waals surface area contributed by atoms with Gasteiger partial charge in [-0.2, -0.15) is 5.10 Å². The van der Waals surface area contributed by atoms with Crippen LogP contribution in [0.15, 0.2) is 35.1 Å². The van der Waals surface area contributed by atoms with Gasteiger partial charge < -0.3 is 0 Å². The molecule has 0 aliphatic heterocycles. The second kappa shape index (κ2) is 5.55. The Bertz CT molecular complexity index is 695. The first-order chi connectivity index (χ1) is 8.97. The van der Waals surface area contributed by atoms with E-state index in [1.165, 1.54) is 18.2 Å². The largest absolute Gasteiger partial charge is 0.292 e. The fourth-order valence-electron chi connectivity index (χ4n) is 1.60. The molecule has 6 heteroatoms. The number of carbonyl (C=O) groups is 1. The molecule has 98 valence electrons. The minimum atomic E-state index is -0.330. The third kappa shape index (κ3) is 3.22. The molecule has 0 atom stereocenters. The number of hydrogen-bond donors (Lipinski definition) is 0. The maximum atomic E-state index is 12.1. The van der Waals surface area contributed by atoms with Crippen molar-refractivity contribution in [1.82, 2.24) is 9.78 Å². The van der Waals surface area contributed by atoms with Crippen LogP contribution in [0.1, 0.15) is 16.1 Å². The first-order valence-electron chi connectivity index (χ1n) is 5.50. The first-order valence-corrected chi connectivity index (χ1v) is 6.26. The molecule has 0 saturated carbocycles. The van der Waals surface area contributed by atoms with Crippen LogP contribution in [0.2, 0.25) is 10.0 Å². The molecule has 0 N–H and O–H groups in total. The van der Waals surface area contributed by atoms with Gasteiger partial charge in [-0.25, -0.2) is 4.68 Å². The molecule has 0 amide bonds. The molecule has 0 spiro atoms. The van der Waals surface area contributed by atoms with Crippen molar-refractivity contribution in [2.45, 2.75) is 13.5 Å². The van der Waals surface area contributed by atoms with Crippen molar-refractivity contribution in [3.63, 3.8) is 0 Å². The highest BCUT2D eigenvalue weighted by molar-refractivity contribution is 6.36. The van der Waals surface area contributed by atoms with E-state index in [0.29, 0.717) is 16.3 Å². The molecule has 0 fully saturated rings. The highest BCUT2D eigenvalue weighted by atomic mass is 35.5. The van der Waals surface area contributed by atoms with Gasteiger partial charge in [-0.1, -0.05) is 23.2 Å². The van der Waals surface area contributed by atoms with Crippen LogP contribution >= 0.6 is 23.2 Å². The fraction of sp³-hybridized carbons (Fsp3) is 0.154. The number of nitrogens with zero attached hydrogens (tertiary/aromatic N) is 2. The summed E-state index contributed by atoms with van der Waals surface area (Å²) in [5, 5.41) is 4.71. The topological polar surface area (TPSA) is 52.0 Å². The lowest BCUT2D eigenvalue weighted by Gasteiger charge is -2.06. The number of aryl methyl sites for hydroxylation is 1. The van der Waals surface area contributed by atoms with E-state index in [4.69, 9.17) is 23.2 Å². The van der Waals surface area contributed by atoms with E-state index in [2.05, 4.69) is 5.10 Å². The molecule has 0 radical (unpaired) electrons. The SMILES string of the molecule is Cc1ccc(=O)n(CC(=O)c2ccc(Cl)cc2Cl)n1. The maximum Gasteiger partial charge on any atom is 0.267 e. The van der Waals surface area contributed by atoms with E-state index in [9.17, 15) is 9.59 Å². The van der Waals surface area contributed by atoms with Gasteiger partial charge in [-0.3, -0.25) is 9.59 Å². The van der Waals surface area contributed by atoms with Crippen molar-refractivity contribution in [2.75, 3.05) is 0 Å². The minimum Gasteiger partial charge on any atom is -0.292 e. The summed E-state index contributed by atoms with van der Waals surface area (Å²) in [4.78, 5) is 23.7. The van der Waals surface area contributed by atoms with E-state index >= 15 is 0 Å². The van der Waals surface area contributed by atoms with Gasteiger partial charge in [0, 0.05) is 16.7 Å². The Labute approximate surface area is 119 Å². The molecule has 0 saturated heterocycles. The zero-order chi connectivity index (χ0) is 14.0. The van der Waals surface area contributed by atoms with Gasteiger partial charge in [0.1, 0.15) is 6.54 Å². The number of halogens is 2. The van der Waals surface area contributed by atoms with Crippen molar-refractivity contribution in [1.29, 1.82) is 0 Å². The third-order valence-electron chi connectivity index (χ3n) is 2.52. The third-order valence-corrected chi connectivity index (χ3v) is 3.07. The summed E-state index contributed by atoms with van der Waals surface area (Å²) in [7, 11) is 0. The average molecular weight is 297 g/mol. The maximum absolute atomic E-state index is 12.1. The van der Waals surface area contributed by atoms with Crippen molar-refractivity contribution < 1.29 is 4.79 Å². The minimum absolute atomic E-state index is 0.151. The van der Waals surface area contributed by atoms with Crippen LogP contribution in [0, 0.1) is 6.92 Å². The number of carbonyl (C=O) groups excluding carboxylic acids is 1. The second-order valence-electron chi connectivity index (χ2n) is 4.02. The lowest BCUT2D eigenvalue weighted by atomic mass is 10.1. The molecule has 1 aromatic carbocycles. The summed E-state index contributed by atoms with van der Waals surface area (Å²) in [6.07, 6.45) is 0. The van der Waals surface area contributed by atoms with Crippen molar-refractivity contribution in [2.24, 2.45) is 0 Å². The van der Waals surface area contributed by atoms with E-state index in [0.717, 1.165) is 4.68 Å². The Hall–Kier alpha value is -1.65. The van der Waals surface area contributed by atoms with Crippen LogP contribution in [0.25, 0.3) is 0 Å². The number of aromatic nitrogens is 2. The monoisotopic (exact) mass is 296 g/mol. The summed E-state index contributed by atoms with van der Waals surface area (Å²) < 4.78 is 1.11. The van der Waals surface area contributed by atoms with Crippen molar-refractivity contribution in [3.05, 3.63) is 62.0 Å². The quantitative estimate of drug-likeness (QED) is 0.819. The molecule has 4 nitrogen and oxygen atoms in total. The van der Waals surface area contributed by atoms with Gasteiger partial charge >= 0.3 is 0 Å². The molecule has 2 rings (SSSR count). The second-order valence-corrected chi connectivity index (χ2v) is 4.86. The zero-order valence-electron chi connectivity index (χ0n) is 10.1. The Morgan fingerprint density at radius 2 is 2.00 bits per heavy atom. The number of Topliss-reactive ketones (excluding diaryl/α,β-unsaturated/α-hetero) is 1. The summed E-state index contributed by atoms with van der Waals surface area (Å²) in [5.74, 6) is -0.290. The van der Waals surface area contributed by atoms with Gasteiger partial charge in [-0.05, 0) is 31.2 Å². The van der Waals surface area contributed by atoms with E-state index in [1.807, 2.05) is 0 Å². The predicted octanol–water partition coefficient (Wildman–Crippen LogP) is 2.74. The summed E-state index contributed by atoms with van der Waals surface area (Å²) in [6.45, 7) is 1.59. The summed E-state index contributed by atoms with van der Waals surface area (Å²) >= 11 is 11.7. The molecular formula is C13H10Cl2N2O2. The average Bonchev–Trinajstić information content (AvgIpc) is 2.33. The first kappa shape index (κ1) is 13.8. The Balaban J connectivity index is 2.31. The van der Waals surface area contributed by atoms with E-state index < -0.39 is 0 Å². The summed E-state index contributed by atoms with van der Waals surface area (Å²) in [5.41, 5.74) is 0.653. The van der Waals surface area contributed by atoms with Gasteiger partial charge in [0.05, 0.1) is 10.7 Å². The number of hydrogen-bond acceptors (Lipinski definition) is 3. The molecule has 0 unspecified atom stereocenters. The molecule has 0 aliphatic carbocycles.